The van der Waals surface area contributed by atoms with E-state index in [4.69, 9.17) is 11.7 Å². The number of aliphatic carboxylic acids is 1. The van der Waals surface area contributed by atoms with E-state index < -0.39 is 170 Å². The highest BCUT2D eigenvalue weighted by Gasteiger charge is 2.50. The largest absolute Gasteiger partial charge is 0.481 e. The van der Waals surface area contributed by atoms with E-state index in [9.17, 15) is 113 Å². The van der Waals surface area contributed by atoms with E-state index in [0.717, 1.165) is 40.8 Å². The fraction of sp³-hybridized carbons (Fsp3) is 0.712. The van der Waals surface area contributed by atoms with E-state index in [-0.39, 0.29) is 140 Å². The zero-order valence-corrected chi connectivity index (χ0v) is 70.5. The van der Waals surface area contributed by atoms with Crippen LogP contribution < -0.4 is 0 Å². The SMILES string of the molecule is CCCC(CCC(=O)OC)(C(C)=O)C(=O)OC.COC(=O)C(CCS(C)(=O)=O)(CCS(C)(=O)=O)C(C)=O.COC(=O)CCC(CCC(=O)O)(C(C)=O)C(=O)OC.COC(=O)CCC(CCC(=O)OC)(C(C)=O)C(=O)OC.COC(=O)CCC(CCC(C)=O)(C(C)=O)C(=O)OC.[C-]#[N+]CCC(CCC(=O)OC)(C(C)=O)C(=O)OC. The van der Waals surface area contributed by atoms with Gasteiger partial charge in [-0.2, -0.15) is 0 Å². The predicted octanol–water partition coefficient (Wildman–Crippen LogP) is 4.34. The smallest absolute Gasteiger partial charge is 0.319 e. The fourth-order valence-electron chi connectivity index (χ4n) is 10.7. The lowest BCUT2D eigenvalue weighted by atomic mass is 9.75. The van der Waals surface area contributed by atoms with Crippen LogP contribution in [-0.4, -0.2) is 256 Å². The zero-order valence-electron chi connectivity index (χ0n) is 68.9. The minimum atomic E-state index is -3.40. The Morgan fingerprint density at radius 3 is 0.611 bits per heavy atom. The van der Waals surface area contributed by atoms with Crippen molar-refractivity contribution in [2.45, 2.75) is 190 Å². The van der Waals surface area contributed by atoms with E-state index >= 15 is 0 Å². The van der Waals surface area contributed by atoms with Gasteiger partial charge in [-0.25, -0.2) is 23.4 Å². The standard InChI is InChI=1S/C13H20O7.C13H20O6.C12H17NO5.C12H18O7.C12H20O5.C11H20O7S2/c1-9(14)13(12(17)20-4,7-5-10(15)18-2)8-6-11(16)19-3;1-9(14)5-7-13(10(2)15,12(17)19-4)8-6-11(16)18-3;1-9(14)12(7-8-13-2,11(16)18-4)6-5-10(15)17-3;1-8(13)12(11(17)19-3,6-4-9(14)15)7-5-10(16)18-2;1-5-7-12(9(2)13,11(15)17-4)8-6-10(14)16-3;1-9(12)11(10(13)18-2,5-7-19(3,14)15)6-8-20(4,16)17/h5-8H2,1-4H3;5-8H2,1-4H3;5-8H2,1,3-4H3;4-7H2,1-3H3,(H,14,15);5-8H2,1-4H3;5-8H2,1-4H3. The molecule has 0 aromatic rings. The van der Waals surface area contributed by atoms with E-state index in [1.807, 2.05) is 6.92 Å². The number of ketones is 7. The maximum absolute atomic E-state index is 11.9. The number of rotatable bonds is 46. The molecule has 0 spiro atoms. The first-order valence-corrected chi connectivity index (χ1v) is 38.7. The van der Waals surface area contributed by atoms with Crippen LogP contribution in [0.15, 0.2) is 0 Å². The molecule has 0 fully saturated rings. The van der Waals surface area contributed by atoms with Crippen molar-refractivity contribution in [3.8, 4) is 0 Å². The highest BCUT2D eigenvalue weighted by molar-refractivity contribution is 7.90. The van der Waals surface area contributed by atoms with Gasteiger partial charge in [0.2, 0.25) is 6.54 Å². The Bertz CT molecular complexity index is 3420. The van der Waals surface area contributed by atoms with Crippen LogP contribution in [-0.2, 0) is 172 Å². The maximum atomic E-state index is 11.9. The molecule has 113 heavy (non-hydrogen) atoms. The van der Waals surface area contributed by atoms with Gasteiger partial charge in [-0.3, -0.25) is 91.1 Å². The molecule has 4 atom stereocenters. The molecule has 0 heterocycles. The third-order valence-corrected chi connectivity index (χ3v) is 20.1. The van der Waals surface area contributed by atoms with Crippen molar-refractivity contribution in [1.29, 1.82) is 0 Å². The van der Waals surface area contributed by atoms with Crippen LogP contribution in [0.2, 0.25) is 0 Å². The van der Waals surface area contributed by atoms with Crippen LogP contribution in [0.3, 0.4) is 0 Å². The number of esters is 12. The van der Waals surface area contributed by atoms with Gasteiger partial charge in [0.15, 0.2) is 0 Å². The van der Waals surface area contributed by atoms with E-state index in [0.29, 0.717) is 12.8 Å². The Kier molecular flexibility index (Phi) is 57.8. The minimum absolute atomic E-state index is 0.00278. The summed E-state index contributed by atoms with van der Waals surface area (Å²) in [6.45, 7) is 17.4. The maximum Gasteiger partial charge on any atom is 0.319 e. The first-order valence-electron chi connectivity index (χ1n) is 34.5. The number of carboxylic acids is 1. The molecule has 0 aromatic heterocycles. The molecule has 1 N–H and O–H groups in total. The summed E-state index contributed by atoms with van der Waals surface area (Å²) in [5, 5.41) is 8.68. The number of carbonyl (C=O) groups excluding carboxylic acids is 19. The molecule has 4 unspecified atom stereocenters. The number of nitrogens with zero attached hydrogens (tertiary/aromatic N) is 1. The third kappa shape index (κ3) is 41.5. The molecule has 0 aliphatic carbocycles. The van der Waals surface area contributed by atoms with Crippen molar-refractivity contribution in [2.24, 2.45) is 32.5 Å². The molecule has 0 saturated heterocycles. The summed E-state index contributed by atoms with van der Waals surface area (Å²) in [4.78, 5) is 233. The molecular formula is C73H115NO37S2. The molecule has 0 amide bonds. The molecule has 646 valence electrons. The van der Waals surface area contributed by atoms with Crippen molar-refractivity contribution in [2.75, 3.05) is 116 Å². The van der Waals surface area contributed by atoms with E-state index in [1.54, 1.807) is 0 Å². The average Bonchev–Trinajstić information content (AvgIpc) is 0.825. The number of hydrogen-bond acceptors (Lipinski definition) is 36. The molecule has 0 saturated carbocycles. The Morgan fingerprint density at radius 1 is 0.283 bits per heavy atom. The predicted molar refractivity (Wildman–Crippen MR) is 395 cm³/mol. The third-order valence-electron chi connectivity index (χ3n) is 18.2. The Hall–Kier alpha value is -9.81. The summed E-state index contributed by atoms with van der Waals surface area (Å²) in [5.41, 5.74) is -8.96. The Morgan fingerprint density at radius 2 is 0.460 bits per heavy atom. The topological polar surface area (TPSA) is 545 Å². The van der Waals surface area contributed by atoms with Gasteiger partial charge in [0.05, 0.1) is 96.8 Å². The Labute approximate surface area is 659 Å². The Balaban J connectivity index is -0.000000304. The average molecular weight is 1660 g/mol. The van der Waals surface area contributed by atoms with Crippen LogP contribution in [0.25, 0.3) is 4.85 Å². The zero-order chi connectivity index (χ0) is 89.7. The van der Waals surface area contributed by atoms with Crippen LogP contribution in [0, 0.1) is 39.1 Å². The molecule has 0 aliphatic rings. The lowest BCUT2D eigenvalue weighted by molar-refractivity contribution is -0.162. The molecule has 0 bridgehead atoms. The number of ether oxygens (including phenoxy) is 12. The monoisotopic (exact) mass is 1660 g/mol. The molecular weight excluding hydrogens is 1550 g/mol. The number of carboxylic acid groups (broad SMARTS) is 1. The molecule has 0 rings (SSSR count). The highest BCUT2D eigenvalue weighted by atomic mass is 32.2. The fourth-order valence-corrected chi connectivity index (χ4v) is 12.2. The highest BCUT2D eigenvalue weighted by Crippen LogP contribution is 2.38. The molecule has 0 aromatic carbocycles. The second-order valence-electron chi connectivity index (χ2n) is 25.5. The van der Waals surface area contributed by atoms with Crippen molar-refractivity contribution in [3.63, 3.8) is 0 Å². The number of hydrogen-bond donors (Lipinski definition) is 1. The van der Waals surface area contributed by atoms with Gasteiger partial charge in [-0.1, -0.05) is 13.3 Å². The molecule has 0 aliphatic heterocycles. The number of carbonyl (C=O) groups is 20. The second-order valence-corrected chi connectivity index (χ2v) is 30.0. The van der Waals surface area contributed by atoms with Crippen molar-refractivity contribution >= 4 is 138 Å². The van der Waals surface area contributed by atoms with Gasteiger partial charge in [0, 0.05) is 70.3 Å². The summed E-state index contributed by atoms with van der Waals surface area (Å²) in [6, 6.07) is 0. The first kappa shape index (κ1) is 114. The van der Waals surface area contributed by atoms with Crippen molar-refractivity contribution in [1.82, 2.24) is 0 Å². The summed E-state index contributed by atoms with van der Waals surface area (Å²) in [6.07, 6.45) is 1.35. The van der Waals surface area contributed by atoms with Crippen molar-refractivity contribution in [3.05, 3.63) is 11.4 Å². The summed E-state index contributed by atoms with van der Waals surface area (Å²) in [7, 11) is 7.48. The van der Waals surface area contributed by atoms with Crippen LogP contribution in [0.4, 0.5) is 0 Å². The van der Waals surface area contributed by atoms with Gasteiger partial charge in [0.25, 0.3) is 0 Å². The molecule has 0 radical (unpaired) electrons. The normalized spacial score (nSPS) is 12.8. The van der Waals surface area contributed by atoms with Gasteiger partial charge in [-0.05, 0) is 119 Å². The van der Waals surface area contributed by atoms with Crippen LogP contribution in [0.1, 0.15) is 190 Å². The second kappa shape index (κ2) is 57.3. The van der Waals surface area contributed by atoms with Gasteiger partial charge < -0.3 is 71.6 Å². The minimum Gasteiger partial charge on any atom is -0.481 e. The van der Waals surface area contributed by atoms with E-state index in [2.05, 4.69) is 61.7 Å². The van der Waals surface area contributed by atoms with E-state index in [1.165, 1.54) is 106 Å². The van der Waals surface area contributed by atoms with Gasteiger partial charge >= 0.3 is 77.6 Å². The number of Topliss-reactive ketones (excluding diaryl/α,β-unsaturated/α-hetero) is 7. The summed E-state index contributed by atoms with van der Waals surface area (Å²) >= 11 is 0. The summed E-state index contributed by atoms with van der Waals surface area (Å²) < 4.78 is 99.6. The molecule has 38 nitrogen and oxygen atoms in total. The number of sulfone groups is 2. The van der Waals surface area contributed by atoms with Crippen LogP contribution in [0.5, 0.6) is 0 Å². The lowest BCUT2D eigenvalue weighted by Gasteiger charge is -2.27. The van der Waals surface area contributed by atoms with Crippen LogP contribution >= 0.6 is 0 Å². The first-order chi connectivity index (χ1) is 52.1. The van der Waals surface area contributed by atoms with Gasteiger partial charge in [-0.15, -0.1) is 0 Å². The molecule has 40 heteroatoms. The van der Waals surface area contributed by atoms with Gasteiger partial charge in [0.1, 0.15) is 92.6 Å². The summed E-state index contributed by atoms with van der Waals surface area (Å²) in [5.74, 6) is -12.3. The van der Waals surface area contributed by atoms with Crippen molar-refractivity contribution < 1.29 is 175 Å². The lowest BCUT2D eigenvalue weighted by Crippen LogP contribution is -2.42. The quantitative estimate of drug-likeness (QED) is 0.0383. The number of methoxy groups -OCH3 is 12.